The zero-order valence-electron chi connectivity index (χ0n) is 28.1. The molecule has 41 heavy (non-hydrogen) atoms. The molecule has 0 radical (unpaired) electrons. The predicted octanol–water partition coefficient (Wildman–Crippen LogP) is 12.9. The zero-order chi connectivity index (χ0) is 30.6. The summed E-state index contributed by atoms with van der Waals surface area (Å²) in [5.74, 6) is 0.606. The van der Waals surface area contributed by atoms with Crippen molar-refractivity contribution in [2.45, 2.75) is 138 Å². The van der Waals surface area contributed by atoms with Crippen molar-refractivity contribution in [3.05, 3.63) is 89.0 Å². The lowest BCUT2D eigenvalue weighted by Crippen LogP contribution is -1.94. The maximum Gasteiger partial charge on any atom is 0.0515 e. The fourth-order valence-electron chi connectivity index (χ4n) is 5.02. The van der Waals surface area contributed by atoms with Crippen LogP contribution in [0.25, 0.3) is 17.2 Å². The smallest absolute Gasteiger partial charge is 0.0515 e. The van der Waals surface area contributed by atoms with Crippen molar-refractivity contribution in [2.75, 3.05) is 7.11 Å². The molecule has 0 heterocycles. The molecule has 0 saturated carbocycles. The number of benzene rings is 2. The lowest BCUT2D eigenvalue weighted by molar-refractivity contribution is 0.134. The molecule has 0 N–H and O–H groups in total. The molecule has 2 aromatic rings. The normalized spacial score (nSPS) is 12.7. The monoisotopic (exact) mass is 558 g/mol. The van der Waals surface area contributed by atoms with Crippen molar-refractivity contribution in [2.24, 2.45) is 0 Å². The second-order valence-corrected chi connectivity index (χ2v) is 11.8. The van der Waals surface area contributed by atoms with Gasteiger partial charge >= 0.3 is 0 Å². The Bertz CT molecular complexity index is 1030. The Morgan fingerprint density at radius 1 is 0.829 bits per heavy atom. The van der Waals surface area contributed by atoms with Gasteiger partial charge in [0.05, 0.1) is 6.10 Å². The summed E-state index contributed by atoms with van der Waals surface area (Å²) < 4.78 is 4.75. The molecule has 228 valence electrons. The second kappa shape index (κ2) is 21.3. The number of unbranched alkanes of at least 4 members (excludes halogenated alkanes) is 7. The van der Waals surface area contributed by atoms with Crippen molar-refractivity contribution >= 4 is 17.2 Å². The summed E-state index contributed by atoms with van der Waals surface area (Å²) in [6.07, 6.45) is 18.1. The van der Waals surface area contributed by atoms with Crippen LogP contribution in [0.5, 0.6) is 0 Å². The van der Waals surface area contributed by atoms with E-state index in [0.29, 0.717) is 12.0 Å². The molecule has 0 fully saturated rings. The van der Waals surface area contributed by atoms with Gasteiger partial charge < -0.3 is 4.74 Å². The van der Waals surface area contributed by atoms with E-state index in [2.05, 4.69) is 90.2 Å². The Morgan fingerprint density at radius 3 is 1.88 bits per heavy atom. The summed E-state index contributed by atoms with van der Waals surface area (Å²) in [5, 5.41) is 0. The van der Waals surface area contributed by atoms with Crippen molar-refractivity contribution in [1.29, 1.82) is 0 Å². The molecule has 1 heteroatoms. The molecule has 0 bridgehead atoms. The van der Waals surface area contributed by atoms with E-state index in [1.807, 2.05) is 19.9 Å². The van der Waals surface area contributed by atoms with Crippen LogP contribution in [-0.2, 0) is 11.2 Å². The van der Waals surface area contributed by atoms with E-state index in [4.69, 9.17) is 4.74 Å². The van der Waals surface area contributed by atoms with Gasteiger partial charge in [-0.25, -0.2) is 0 Å². The summed E-state index contributed by atoms with van der Waals surface area (Å²) in [5.41, 5.74) is 10.7. The van der Waals surface area contributed by atoms with Gasteiger partial charge in [-0.3, -0.25) is 0 Å². The van der Waals surface area contributed by atoms with E-state index in [0.717, 1.165) is 18.4 Å². The highest BCUT2D eigenvalue weighted by atomic mass is 16.5. The average Bonchev–Trinajstić information content (AvgIpc) is 3.37. The summed E-state index contributed by atoms with van der Waals surface area (Å²) in [6.45, 7) is 23.8. The quantitative estimate of drug-likeness (QED) is 0.197. The fourth-order valence-corrected chi connectivity index (χ4v) is 5.02. The number of hydrogen-bond donors (Lipinski definition) is 0. The lowest BCUT2D eigenvalue weighted by atomic mass is 9.89. The van der Waals surface area contributed by atoms with Crippen LogP contribution >= 0.6 is 0 Å². The third-order valence-corrected chi connectivity index (χ3v) is 8.15. The molecule has 3 rings (SSSR count). The minimum Gasteiger partial charge on any atom is -0.382 e. The highest BCUT2D eigenvalue weighted by Crippen LogP contribution is 2.43. The molecule has 0 aromatic heterocycles. The van der Waals surface area contributed by atoms with Crippen LogP contribution < -0.4 is 0 Å². The molecule has 1 unspecified atom stereocenters. The summed E-state index contributed by atoms with van der Waals surface area (Å²) in [7, 11) is 1.70. The molecule has 0 aliphatic heterocycles. The number of fused-ring (bicyclic) bond motifs is 1. The first-order valence-electron chi connectivity index (χ1n) is 16.6. The minimum atomic E-state index is 0.384. The van der Waals surface area contributed by atoms with Gasteiger partial charge in [0.15, 0.2) is 0 Å². The molecule has 1 aliphatic carbocycles. The molecule has 1 aliphatic rings. The molecule has 0 amide bonds. The van der Waals surface area contributed by atoms with Gasteiger partial charge in [-0.2, -0.15) is 0 Å². The van der Waals surface area contributed by atoms with Crippen molar-refractivity contribution < 1.29 is 4.74 Å². The molecular formula is C40H62O. The first-order valence-corrected chi connectivity index (χ1v) is 16.6. The molecule has 2 aromatic carbocycles. The Kier molecular flexibility index (Phi) is 19.1. The number of allylic oxidation sites excluding steroid dienone is 3. The lowest BCUT2D eigenvalue weighted by Gasteiger charge is -2.15. The van der Waals surface area contributed by atoms with Crippen molar-refractivity contribution in [3.63, 3.8) is 0 Å². The molecule has 0 spiro atoms. The van der Waals surface area contributed by atoms with Crippen LogP contribution in [0, 0.1) is 0 Å². The summed E-state index contributed by atoms with van der Waals surface area (Å²) >= 11 is 0. The molecule has 1 nitrogen and oxygen atoms in total. The Balaban J connectivity index is 0.000000499. The number of ether oxygens (including phenoxy) is 1. The first-order chi connectivity index (χ1) is 19.8. The van der Waals surface area contributed by atoms with Gasteiger partial charge in [-0.1, -0.05) is 147 Å². The highest BCUT2D eigenvalue weighted by Gasteiger charge is 2.24. The minimum absolute atomic E-state index is 0.384. The van der Waals surface area contributed by atoms with E-state index in [-0.39, 0.29) is 0 Å². The SMILES string of the molecule is C=Cc1ccc2c(c1)C(C(=C)c1ccc(C(C)CC)cc1)=C(CCCC)C2.CCCCCCCCC.COC(C)C. The standard InChI is InChI=1S/C27H32.C9H20.C4H10O/c1-6-9-10-25-18-24-12-11-21(8-3)17-26(24)27(25)20(5)23-15-13-22(14-16-23)19(4)7-2;1-3-5-7-9-8-6-4-2;1-4(2)5-3/h8,11-17,19H,3,5-7,9-10,18H2,1-2,4H3;3-9H2,1-2H3;4H,1-3H3. The number of hydrogen-bond acceptors (Lipinski definition) is 1. The Morgan fingerprint density at radius 2 is 1.39 bits per heavy atom. The molecule has 0 saturated heterocycles. The van der Waals surface area contributed by atoms with Gasteiger partial charge in [0.1, 0.15) is 0 Å². The summed E-state index contributed by atoms with van der Waals surface area (Å²) in [6, 6.07) is 15.8. The fraction of sp³-hybridized carbons (Fsp3) is 0.550. The van der Waals surface area contributed by atoms with Crippen molar-refractivity contribution in [3.8, 4) is 0 Å². The van der Waals surface area contributed by atoms with Gasteiger partial charge in [0.2, 0.25) is 0 Å². The second-order valence-electron chi connectivity index (χ2n) is 11.8. The van der Waals surface area contributed by atoms with E-state index in [1.165, 1.54) is 97.6 Å². The topological polar surface area (TPSA) is 9.23 Å². The van der Waals surface area contributed by atoms with Crippen LogP contribution in [0.2, 0.25) is 0 Å². The van der Waals surface area contributed by atoms with E-state index >= 15 is 0 Å². The highest BCUT2D eigenvalue weighted by molar-refractivity contribution is 6.07. The zero-order valence-corrected chi connectivity index (χ0v) is 28.1. The number of rotatable bonds is 15. The van der Waals surface area contributed by atoms with E-state index in [1.54, 1.807) is 12.7 Å². The summed E-state index contributed by atoms with van der Waals surface area (Å²) in [4.78, 5) is 0. The van der Waals surface area contributed by atoms with Gasteiger partial charge in [0.25, 0.3) is 0 Å². The predicted molar refractivity (Wildman–Crippen MR) is 187 cm³/mol. The van der Waals surface area contributed by atoms with Gasteiger partial charge in [-0.05, 0) is 90.5 Å². The van der Waals surface area contributed by atoms with Gasteiger partial charge in [-0.15, -0.1) is 0 Å². The maximum absolute atomic E-state index is 4.75. The average molecular weight is 559 g/mol. The first kappa shape index (κ1) is 36.6. The van der Waals surface area contributed by atoms with Crippen LogP contribution in [0.4, 0.5) is 0 Å². The largest absolute Gasteiger partial charge is 0.382 e. The maximum atomic E-state index is 4.75. The van der Waals surface area contributed by atoms with Crippen molar-refractivity contribution in [1.82, 2.24) is 0 Å². The van der Waals surface area contributed by atoms with Crippen LogP contribution in [0.15, 0.2) is 61.2 Å². The third kappa shape index (κ3) is 13.0. The Hall–Kier alpha value is -2.38. The molecular weight excluding hydrogens is 496 g/mol. The number of methoxy groups -OCH3 is 1. The van der Waals surface area contributed by atoms with Gasteiger partial charge in [0, 0.05) is 7.11 Å². The Labute approximate surface area is 255 Å². The van der Waals surface area contributed by atoms with Crippen LogP contribution in [0.3, 0.4) is 0 Å². The van der Waals surface area contributed by atoms with E-state index < -0.39 is 0 Å². The van der Waals surface area contributed by atoms with Crippen LogP contribution in [0.1, 0.15) is 153 Å². The third-order valence-electron chi connectivity index (χ3n) is 8.15. The van der Waals surface area contributed by atoms with Crippen LogP contribution in [-0.4, -0.2) is 13.2 Å². The van der Waals surface area contributed by atoms with E-state index in [9.17, 15) is 0 Å². The molecule has 1 atom stereocenters.